The average molecular weight is 524 g/mol. The van der Waals surface area contributed by atoms with Crippen LogP contribution in [0.2, 0.25) is 0 Å². The molecular weight excluding hydrogens is 486 g/mol. The van der Waals surface area contributed by atoms with Gasteiger partial charge in [-0.05, 0) is 69.7 Å². The van der Waals surface area contributed by atoms with Gasteiger partial charge in [0.15, 0.2) is 0 Å². The molecule has 4 N–H and O–H groups in total. The summed E-state index contributed by atoms with van der Waals surface area (Å²) in [5.41, 5.74) is 9.55. The smallest absolute Gasteiger partial charge is 0.209 e. The van der Waals surface area contributed by atoms with Gasteiger partial charge < -0.3 is 31.0 Å². The number of anilines is 3. The summed E-state index contributed by atoms with van der Waals surface area (Å²) in [5, 5.41) is 12.3. The first-order valence-corrected chi connectivity index (χ1v) is 13.7. The van der Waals surface area contributed by atoms with Gasteiger partial charge in [0.05, 0.1) is 17.7 Å². The second kappa shape index (κ2) is 12.8. The Bertz CT molecular complexity index is 1220. The summed E-state index contributed by atoms with van der Waals surface area (Å²) in [6.07, 6.45) is 11.9. The fourth-order valence-electron chi connectivity index (χ4n) is 4.74. The Hall–Kier alpha value is -3.24. The molecule has 10 heteroatoms. The third kappa shape index (κ3) is 6.75. The topological polar surface area (TPSA) is 120 Å². The molecule has 3 aromatic rings. The number of hydrogen-bond donors (Lipinski definition) is 3. The molecule has 0 spiro atoms. The van der Waals surface area contributed by atoms with Crippen LogP contribution in [0.5, 0.6) is 5.75 Å². The van der Waals surface area contributed by atoms with E-state index in [1.165, 1.54) is 60.3 Å². The van der Waals surface area contributed by atoms with Crippen LogP contribution in [0.4, 0.5) is 17.2 Å². The molecule has 5 rings (SSSR count). The first kappa shape index (κ1) is 26.8. The number of benzene rings is 1. The molecule has 0 atom stereocenters. The molecule has 0 saturated carbocycles. The molecule has 0 bridgehead atoms. The van der Waals surface area contributed by atoms with Crippen LogP contribution < -0.4 is 15.8 Å². The van der Waals surface area contributed by atoms with Crippen LogP contribution >= 0.6 is 11.3 Å². The number of nitrogens with zero attached hydrogens (tertiary/aromatic N) is 4. The second-order valence-electron chi connectivity index (χ2n) is 9.68. The van der Waals surface area contributed by atoms with Gasteiger partial charge >= 0.3 is 0 Å². The van der Waals surface area contributed by atoms with E-state index < -0.39 is 0 Å². The van der Waals surface area contributed by atoms with E-state index in [0.717, 1.165) is 53.9 Å². The predicted molar refractivity (Wildman–Crippen MR) is 152 cm³/mol. The number of rotatable bonds is 9. The van der Waals surface area contributed by atoms with Crippen LogP contribution in [-0.2, 0) is 17.6 Å². The highest BCUT2D eigenvalue weighted by molar-refractivity contribution is 7.19. The monoisotopic (exact) mass is 523 g/mol. The highest BCUT2D eigenvalue weighted by atomic mass is 32.1. The summed E-state index contributed by atoms with van der Waals surface area (Å²) in [6, 6.07) is 3.70. The summed E-state index contributed by atoms with van der Waals surface area (Å²) in [7, 11) is 3.38. The van der Waals surface area contributed by atoms with Crippen molar-refractivity contribution in [1.82, 2.24) is 19.8 Å². The Morgan fingerprint density at radius 1 is 1.19 bits per heavy atom. The largest absolute Gasteiger partial charge is 0.491 e. The van der Waals surface area contributed by atoms with Gasteiger partial charge in [0.2, 0.25) is 6.41 Å². The van der Waals surface area contributed by atoms with Crippen molar-refractivity contribution >= 4 is 51.4 Å². The van der Waals surface area contributed by atoms with Gasteiger partial charge in [-0.15, -0.1) is 11.3 Å². The van der Waals surface area contributed by atoms with E-state index in [1.54, 1.807) is 31.8 Å². The van der Waals surface area contributed by atoms with Crippen molar-refractivity contribution in [2.45, 2.75) is 44.9 Å². The summed E-state index contributed by atoms with van der Waals surface area (Å²) in [4.78, 5) is 25.0. The molecule has 1 aliphatic carbocycles. The van der Waals surface area contributed by atoms with Crippen LogP contribution in [-0.4, -0.2) is 72.7 Å². The van der Waals surface area contributed by atoms with Crippen molar-refractivity contribution < 1.29 is 9.53 Å². The molecular formula is C27H37N7O2S. The second-order valence-corrected chi connectivity index (χ2v) is 10.8. The van der Waals surface area contributed by atoms with Crippen LogP contribution in [0.25, 0.3) is 10.2 Å². The average Bonchev–Trinajstić information content (AvgIpc) is 3.56. The number of nitrogen functional groups attached to an aromatic ring is 1. The fraction of sp³-hybridized carbons (Fsp3) is 0.481. The molecule has 1 aromatic carbocycles. The maximum absolute atomic E-state index is 9.43. The molecule has 0 unspecified atom stereocenters. The maximum atomic E-state index is 9.43. The summed E-state index contributed by atoms with van der Waals surface area (Å²) in [6.45, 7) is 4.08. The van der Waals surface area contributed by atoms with Crippen LogP contribution in [0.3, 0.4) is 0 Å². The Kier molecular flexibility index (Phi) is 9.29. The molecule has 1 saturated heterocycles. The van der Waals surface area contributed by atoms with E-state index in [4.69, 9.17) is 15.9 Å². The number of aryl methyl sites for hydroxylation is 2. The third-order valence-electron chi connectivity index (χ3n) is 6.63. The maximum Gasteiger partial charge on any atom is 0.209 e. The van der Waals surface area contributed by atoms with Gasteiger partial charge in [0, 0.05) is 49.0 Å². The molecule has 2 aromatic heterocycles. The molecule has 1 aliphatic heterocycles. The zero-order valence-corrected chi connectivity index (χ0v) is 22.6. The SMILES string of the molecule is CN(C)C=O.N=Cc1cc(Nc2ncnc3sc4c(c23)CCCC4)c(OCCCN2CCCC2)cc1N. The summed E-state index contributed by atoms with van der Waals surface area (Å²) < 4.78 is 6.17. The standard InChI is InChI=1S/C24H30N6OS.C3H7NO/c25-14-16-12-19(20(13-18(16)26)31-11-5-10-30-8-3-4-9-30)29-23-22-17-6-1-2-7-21(17)32-24(22)28-15-27-23;1-4(2)3-5/h12-15,25H,1-11,26H2,(H,27,28,29);3H,1-2H3. The first-order chi connectivity index (χ1) is 18.0. The molecule has 2 aliphatic rings. The lowest BCUT2D eigenvalue weighted by Gasteiger charge is -2.18. The minimum atomic E-state index is 0.542. The zero-order chi connectivity index (χ0) is 26.2. The van der Waals surface area contributed by atoms with E-state index >= 15 is 0 Å². The van der Waals surface area contributed by atoms with E-state index in [1.807, 2.05) is 12.1 Å². The van der Waals surface area contributed by atoms with Crippen molar-refractivity contribution in [2.75, 3.05) is 51.4 Å². The number of carbonyl (C=O) groups is 1. The quantitative estimate of drug-likeness (QED) is 0.164. The Morgan fingerprint density at radius 3 is 2.68 bits per heavy atom. The number of nitrogens with one attached hydrogen (secondary N) is 2. The minimum Gasteiger partial charge on any atom is -0.491 e. The lowest BCUT2D eigenvalue weighted by atomic mass is 9.97. The van der Waals surface area contributed by atoms with Gasteiger partial charge in [-0.1, -0.05) is 0 Å². The lowest BCUT2D eigenvalue weighted by Crippen LogP contribution is -2.22. The van der Waals surface area contributed by atoms with Gasteiger partial charge in [-0.2, -0.15) is 0 Å². The van der Waals surface area contributed by atoms with E-state index in [-0.39, 0.29) is 0 Å². The van der Waals surface area contributed by atoms with Crippen LogP contribution in [0.15, 0.2) is 18.5 Å². The van der Waals surface area contributed by atoms with Crippen molar-refractivity contribution in [3.63, 3.8) is 0 Å². The normalized spacial score (nSPS) is 15.0. The van der Waals surface area contributed by atoms with E-state index in [2.05, 4.69) is 20.2 Å². The number of hydrogen-bond acceptors (Lipinski definition) is 9. The summed E-state index contributed by atoms with van der Waals surface area (Å²) >= 11 is 1.78. The molecule has 3 heterocycles. The third-order valence-corrected chi connectivity index (χ3v) is 7.83. The van der Waals surface area contributed by atoms with Crippen molar-refractivity contribution in [3.05, 3.63) is 34.5 Å². The van der Waals surface area contributed by atoms with Gasteiger partial charge in [-0.25, -0.2) is 9.97 Å². The van der Waals surface area contributed by atoms with Crippen LogP contribution in [0, 0.1) is 5.41 Å². The van der Waals surface area contributed by atoms with Gasteiger partial charge in [-0.3, -0.25) is 4.79 Å². The van der Waals surface area contributed by atoms with Crippen LogP contribution in [0.1, 0.15) is 48.1 Å². The first-order valence-electron chi connectivity index (χ1n) is 12.9. The highest BCUT2D eigenvalue weighted by Crippen LogP contribution is 2.40. The Labute approximate surface area is 222 Å². The number of fused-ring (bicyclic) bond motifs is 3. The summed E-state index contributed by atoms with van der Waals surface area (Å²) in [5.74, 6) is 1.50. The molecule has 1 amide bonds. The minimum absolute atomic E-state index is 0.542. The van der Waals surface area contributed by atoms with E-state index in [0.29, 0.717) is 23.6 Å². The number of carbonyl (C=O) groups excluding carboxylic acids is 1. The molecule has 198 valence electrons. The predicted octanol–water partition coefficient (Wildman–Crippen LogP) is 4.46. The number of nitrogens with two attached hydrogens (primary N) is 1. The zero-order valence-electron chi connectivity index (χ0n) is 21.8. The van der Waals surface area contributed by atoms with Crippen molar-refractivity contribution in [3.8, 4) is 5.75 Å². The number of amides is 1. The number of likely N-dealkylation sites (tertiary alicyclic amines) is 1. The Morgan fingerprint density at radius 2 is 1.95 bits per heavy atom. The lowest BCUT2D eigenvalue weighted by molar-refractivity contribution is -0.115. The van der Waals surface area contributed by atoms with Crippen molar-refractivity contribution in [2.24, 2.45) is 0 Å². The molecule has 0 radical (unpaired) electrons. The van der Waals surface area contributed by atoms with E-state index in [9.17, 15) is 4.79 Å². The Balaban J connectivity index is 0.000000586. The number of aromatic nitrogens is 2. The number of ether oxygens (including phenoxy) is 1. The fourth-order valence-corrected chi connectivity index (χ4v) is 5.97. The highest BCUT2D eigenvalue weighted by Gasteiger charge is 2.21. The molecule has 9 nitrogen and oxygen atoms in total. The van der Waals surface area contributed by atoms with Gasteiger partial charge in [0.25, 0.3) is 0 Å². The van der Waals surface area contributed by atoms with Gasteiger partial charge in [0.1, 0.15) is 22.7 Å². The molecule has 37 heavy (non-hydrogen) atoms. The number of thiophene rings is 1. The molecule has 1 fully saturated rings. The van der Waals surface area contributed by atoms with Crippen molar-refractivity contribution in [1.29, 1.82) is 5.41 Å².